The van der Waals surface area contributed by atoms with Gasteiger partial charge in [0, 0.05) is 5.56 Å². The Morgan fingerprint density at radius 1 is 0.844 bits per heavy atom. The second kappa shape index (κ2) is 11.3. The van der Waals surface area contributed by atoms with Crippen LogP contribution < -0.4 is 10.6 Å². The first kappa shape index (κ1) is 23.3. The second-order valence-electron chi connectivity index (χ2n) is 6.82. The monoisotopic (exact) mass is 470 g/mol. The summed E-state index contributed by atoms with van der Waals surface area (Å²) in [6, 6.07) is 21.9. The lowest BCUT2D eigenvalue weighted by Gasteiger charge is -2.19. The number of carbonyl (C=O) groups is 3. The Bertz CT molecular complexity index is 1090. The summed E-state index contributed by atoms with van der Waals surface area (Å²) < 4.78 is 5.11. The van der Waals surface area contributed by atoms with Gasteiger partial charge in [-0.15, -0.1) is 0 Å². The average molecular weight is 471 g/mol. The topological polar surface area (TPSA) is 84.5 Å². The van der Waals surface area contributed by atoms with Crippen molar-refractivity contribution in [2.24, 2.45) is 0 Å². The maximum Gasteiger partial charge on any atom is 0.308 e. The summed E-state index contributed by atoms with van der Waals surface area (Å²) in [4.78, 5) is 37.1. The SMILES string of the molecule is O=C(COC(=O)CC(NC(=O)c1ccccc1)c1ccccc1)Nc1cccc(Cl)c1Cl. The molecule has 0 spiro atoms. The van der Waals surface area contributed by atoms with Crippen LogP contribution in [0.1, 0.15) is 28.4 Å². The number of rotatable bonds is 8. The zero-order chi connectivity index (χ0) is 22.9. The fourth-order valence-corrected chi connectivity index (χ4v) is 3.27. The molecule has 0 fully saturated rings. The highest BCUT2D eigenvalue weighted by Crippen LogP contribution is 2.29. The van der Waals surface area contributed by atoms with Gasteiger partial charge in [0.1, 0.15) is 0 Å². The molecule has 164 valence electrons. The smallest absolute Gasteiger partial charge is 0.308 e. The van der Waals surface area contributed by atoms with Crippen LogP contribution in [-0.4, -0.2) is 24.4 Å². The molecule has 3 aromatic rings. The molecule has 1 atom stereocenters. The Kier molecular flexibility index (Phi) is 8.25. The minimum absolute atomic E-state index is 0.145. The number of ether oxygens (including phenoxy) is 1. The molecule has 0 saturated carbocycles. The van der Waals surface area contributed by atoms with Gasteiger partial charge in [-0.05, 0) is 29.8 Å². The summed E-state index contributed by atoms with van der Waals surface area (Å²) in [6.07, 6.45) is -0.145. The number of halogens is 2. The number of anilines is 1. The third kappa shape index (κ3) is 6.57. The van der Waals surface area contributed by atoms with E-state index in [9.17, 15) is 14.4 Å². The van der Waals surface area contributed by atoms with Gasteiger partial charge in [0.05, 0.1) is 28.2 Å². The van der Waals surface area contributed by atoms with Gasteiger partial charge in [-0.25, -0.2) is 0 Å². The quantitative estimate of drug-likeness (QED) is 0.451. The summed E-state index contributed by atoms with van der Waals surface area (Å²) in [5, 5.41) is 5.88. The molecular weight excluding hydrogens is 451 g/mol. The molecule has 8 heteroatoms. The lowest BCUT2D eigenvalue weighted by molar-refractivity contribution is -0.147. The van der Waals surface area contributed by atoms with Crippen LogP contribution in [0.15, 0.2) is 78.9 Å². The molecule has 0 aliphatic carbocycles. The predicted molar refractivity (Wildman–Crippen MR) is 124 cm³/mol. The highest BCUT2D eigenvalue weighted by atomic mass is 35.5. The molecule has 0 saturated heterocycles. The highest BCUT2D eigenvalue weighted by Gasteiger charge is 2.21. The van der Waals surface area contributed by atoms with E-state index in [-0.39, 0.29) is 17.4 Å². The first-order valence-electron chi connectivity index (χ1n) is 9.74. The Hall–Kier alpha value is -3.35. The molecule has 0 aromatic heterocycles. The maximum atomic E-state index is 12.6. The van der Waals surface area contributed by atoms with E-state index in [1.165, 1.54) is 0 Å². The summed E-state index contributed by atoms with van der Waals surface area (Å²) in [5.41, 5.74) is 1.53. The molecule has 0 aliphatic rings. The van der Waals surface area contributed by atoms with E-state index in [1.807, 2.05) is 24.3 Å². The van der Waals surface area contributed by atoms with E-state index < -0.39 is 24.5 Å². The average Bonchev–Trinajstić information content (AvgIpc) is 2.81. The lowest BCUT2D eigenvalue weighted by atomic mass is 10.0. The minimum Gasteiger partial charge on any atom is -0.455 e. The molecule has 0 aliphatic heterocycles. The first-order valence-corrected chi connectivity index (χ1v) is 10.5. The lowest BCUT2D eigenvalue weighted by Crippen LogP contribution is -2.31. The van der Waals surface area contributed by atoms with Crippen molar-refractivity contribution in [3.05, 3.63) is 100 Å². The van der Waals surface area contributed by atoms with Gasteiger partial charge in [0.15, 0.2) is 6.61 Å². The zero-order valence-corrected chi connectivity index (χ0v) is 18.4. The van der Waals surface area contributed by atoms with Crippen molar-refractivity contribution in [2.45, 2.75) is 12.5 Å². The number of carbonyl (C=O) groups excluding carboxylic acids is 3. The Morgan fingerprint density at radius 3 is 2.19 bits per heavy atom. The predicted octanol–water partition coefficient (Wildman–Crippen LogP) is 5.04. The van der Waals surface area contributed by atoms with Crippen molar-refractivity contribution in [3.8, 4) is 0 Å². The number of esters is 1. The number of amides is 2. The van der Waals surface area contributed by atoms with E-state index in [2.05, 4.69) is 10.6 Å². The molecule has 6 nitrogen and oxygen atoms in total. The standard InChI is InChI=1S/C24H20Cl2N2O4/c25-18-12-7-13-19(23(18)26)27-21(29)15-32-22(30)14-20(16-8-3-1-4-9-16)28-24(31)17-10-5-2-6-11-17/h1-13,20H,14-15H2,(H,27,29)(H,28,31). The molecule has 0 bridgehead atoms. The molecule has 1 unspecified atom stereocenters. The van der Waals surface area contributed by atoms with Gasteiger partial charge >= 0.3 is 5.97 Å². The van der Waals surface area contributed by atoms with Crippen LogP contribution in [0.2, 0.25) is 10.0 Å². The molecule has 3 rings (SSSR count). The minimum atomic E-state index is -0.639. The van der Waals surface area contributed by atoms with Crippen LogP contribution in [0.5, 0.6) is 0 Å². The summed E-state index contributed by atoms with van der Waals surface area (Å²) in [7, 11) is 0. The van der Waals surface area contributed by atoms with Crippen molar-refractivity contribution < 1.29 is 19.1 Å². The fourth-order valence-electron chi connectivity index (χ4n) is 2.93. The fraction of sp³-hybridized carbons (Fsp3) is 0.125. The normalized spacial score (nSPS) is 11.3. The van der Waals surface area contributed by atoms with Crippen molar-refractivity contribution in [1.82, 2.24) is 5.32 Å². The first-order chi connectivity index (χ1) is 15.4. The number of benzene rings is 3. The van der Waals surface area contributed by atoms with Gasteiger partial charge in [0.2, 0.25) is 0 Å². The van der Waals surface area contributed by atoms with Gasteiger partial charge in [0.25, 0.3) is 11.8 Å². The third-order valence-corrected chi connectivity index (χ3v) is 5.32. The summed E-state index contributed by atoms with van der Waals surface area (Å²) >= 11 is 12.0. The zero-order valence-electron chi connectivity index (χ0n) is 16.9. The van der Waals surface area contributed by atoms with Crippen LogP contribution >= 0.6 is 23.2 Å². The van der Waals surface area contributed by atoms with Crippen LogP contribution in [0.25, 0.3) is 0 Å². The van der Waals surface area contributed by atoms with Gasteiger partial charge < -0.3 is 15.4 Å². The molecular formula is C24H20Cl2N2O4. The summed E-state index contributed by atoms with van der Waals surface area (Å²) in [5.74, 6) is -1.52. The third-order valence-electron chi connectivity index (χ3n) is 4.50. The van der Waals surface area contributed by atoms with E-state index in [1.54, 1.807) is 54.6 Å². The molecule has 0 heterocycles. The van der Waals surface area contributed by atoms with Crippen LogP contribution in [-0.2, 0) is 14.3 Å². The number of hydrogen-bond donors (Lipinski definition) is 2. The van der Waals surface area contributed by atoms with Crippen molar-refractivity contribution in [1.29, 1.82) is 0 Å². The van der Waals surface area contributed by atoms with Crippen LogP contribution in [0, 0.1) is 0 Å². The molecule has 0 radical (unpaired) electrons. The number of nitrogens with one attached hydrogen (secondary N) is 2. The number of hydrogen-bond acceptors (Lipinski definition) is 4. The van der Waals surface area contributed by atoms with E-state index in [4.69, 9.17) is 27.9 Å². The van der Waals surface area contributed by atoms with Gasteiger partial charge in [-0.3, -0.25) is 14.4 Å². The Labute approximate surface area is 195 Å². The Balaban J connectivity index is 1.60. The molecule has 32 heavy (non-hydrogen) atoms. The van der Waals surface area contributed by atoms with Crippen molar-refractivity contribution in [2.75, 3.05) is 11.9 Å². The van der Waals surface area contributed by atoms with E-state index >= 15 is 0 Å². The van der Waals surface area contributed by atoms with Crippen LogP contribution in [0.3, 0.4) is 0 Å². The Morgan fingerprint density at radius 2 is 1.50 bits per heavy atom. The molecule has 2 amide bonds. The van der Waals surface area contributed by atoms with Crippen molar-refractivity contribution >= 4 is 46.7 Å². The summed E-state index contributed by atoms with van der Waals surface area (Å²) in [6.45, 7) is -0.504. The van der Waals surface area contributed by atoms with Gasteiger partial charge in [-0.1, -0.05) is 77.8 Å². The van der Waals surface area contributed by atoms with E-state index in [0.717, 1.165) is 5.56 Å². The molecule has 3 aromatic carbocycles. The van der Waals surface area contributed by atoms with E-state index in [0.29, 0.717) is 16.3 Å². The maximum absolute atomic E-state index is 12.6. The second-order valence-corrected chi connectivity index (χ2v) is 7.60. The highest BCUT2D eigenvalue weighted by molar-refractivity contribution is 6.44. The van der Waals surface area contributed by atoms with Gasteiger partial charge in [-0.2, -0.15) is 0 Å². The molecule has 2 N–H and O–H groups in total. The largest absolute Gasteiger partial charge is 0.455 e. The van der Waals surface area contributed by atoms with Crippen LogP contribution in [0.4, 0.5) is 5.69 Å². The van der Waals surface area contributed by atoms with Crippen molar-refractivity contribution in [3.63, 3.8) is 0 Å².